The lowest BCUT2D eigenvalue weighted by Gasteiger charge is -1.97. The van der Waals surface area contributed by atoms with E-state index < -0.39 is 11.9 Å². The first kappa shape index (κ1) is 10.6. The van der Waals surface area contributed by atoms with E-state index in [9.17, 15) is 9.18 Å². The number of hydrogen-bond acceptors (Lipinski definition) is 3. The first-order chi connectivity index (χ1) is 7.58. The van der Waals surface area contributed by atoms with Gasteiger partial charge in [-0.3, -0.25) is 5.10 Å². The van der Waals surface area contributed by atoms with Gasteiger partial charge in [-0.1, -0.05) is 11.6 Å². The van der Waals surface area contributed by atoms with Gasteiger partial charge in [0.25, 0.3) is 0 Å². The number of carboxylic acids is 1. The Morgan fingerprint density at radius 3 is 2.88 bits per heavy atom. The van der Waals surface area contributed by atoms with Gasteiger partial charge in [-0.2, -0.15) is 9.49 Å². The molecular weight excluding hydrogens is 237 g/mol. The largest absolute Gasteiger partial charge is 0.477 e. The standard InChI is InChI=1S/C9H5ClFN3O2/c10-4-1-5(8(11)12-3-4)6-2-7(9(15)16)14-13-6/h1-3H,(H,13,14)(H,15,16). The highest BCUT2D eigenvalue weighted by molar-refractivity contribution is 6.30. The molecule has 0 spiro atoms. The van der Waals surface area contributed by atoms with E-state index in [2.05, 4.69) is 15.2 Å². The van der Waals surface area contributed by atoms with Crippen LogP contribution in [0.4, 0.5) is 4.39 Å². The van der Waals surface area contributed by atoms with Gasteiger partial charge in [0.05, 0.1) is 16.3 Å². The van der Waals surface area contributed by atoms with Crippen molar-refractivity contribution in [3.8, 4) is 11.3 Å². The maximum absolute atomic E-state index is 13.3. The number of halogens is 2. The van der Waals surface area contributed by atoms with Crippen molar-refractivity contribution in [2.45, 2.75) is 0 Å². The van der Waals surface area contributed by atoms with E-state index >= 15 is 0 Å². The van der Waals surface area contributed by atoms with Crippen molar-refractivity contribution in [2.24, 2.45) is 0 Å². The maximum Gasteiger partial charge on any atom is 0.353 e. The molecule has 0 radical (unpaired) electrons. The smallest absolute Gasteiger partial charge is 0.353 e. The SMILES string of the molecule is O=C(O)c1cc(-c2cc(Cl)cnc2F)n[nH]1. The number of carboxylic acid groups (broad SMARTS) is 1. The summed E-state index contributed by atoms with van der Waals surface area (Å²) in [5.74, 6) is -1.93. The number of nitrogens with zero attached hydrogens (tertiary/aromatic N) is 2. The predicted molar refractivity (Wildman–Crippen MR) is 53.7 cm³/mol. The zero-order valence-electron chi connectivity index (χ0n) is 7.74. The van der Waals surface area contributed by atoms with Crippen LogP contribution in [0.15, 0.2) is 18.3 Å². The number of aromatic nitrogens is 3. The van der Waals surface area contributed by atoms with Crippen LogP contribution in [0.25, 0.3) is 11.3 Å². The van der Waals surface area contributed by atoms with Crippen LogP contribution in [0.5, 0.6) is 0 Å². The molecule has 16 heavy (non-hydrogen) atoms. The second kappa shape index (κ2) is 3.90. The fourth-order valence-corrected chi connectivity index (χ4v) is 1.33. The van der Waals surface area contributed by atoms with Gasteiger partial charge in [0.2, 0.25) is 5.95 Å². The van der Waals surface area contributed by atoms with Crippen molar-refractivity contribution < 1.29 is 14.3 Å². The fraction of sp³-hybridized carbons (Fsp3) is 0. The van der Waals surface area contributed by atoms with Crippen LogP contribution in [0.3, 0.4) is 0 Å². The topological polar surface area (TPSA) is 78.9 Å². The second-order valence-corrected chi connectivity index (χ2v) is 3.40. The summed E-state index contributed by atoms with van der Waals surface area (Å²) < 4.78 is 13.3. The van der Waals surface area contributed by atoms with Crippen LogP contribution in [-0.2, 0) is 0 Å². The van der Waals surface area contributed by atoms with Crippen molar-refractivity contribution in [1.82, 2.24) is 15.2 Å². The van der Waals surface area contributed by atoms with E-state index in [-0.39, 0.29) is 22.0 Å². The monoisotopic (exact) mass is 241 g/mol. The molecule has 82 valence electrons. The van der Waals surface area contributed by atoms with Gasteiger partial charge in [-0.25, -0.2) is 9.78 Å². The van der Waals surface area contributed by atoms with Crippen LogP contribution < -0.4 is 0 Å². The van der Waals surface area contributed by atoms with E-state index in [0.717, 1.165) is 6.20 Å². The summed E-state index contributed by atoms with van der Waals surface area (Å²) in [6.45, 7) is 0. The molecule has 0 fully saturated rings. The van der Waals surface area contributed by atoms with Gasteiger partial charge in [-0.05, 0) is 12.1 Å². The molecule has 0 bridgehead atoms. The van der Waals surface area contributed by atoms with Crippen LogP contribution in [0.2, 0.25) is 5.02 Å². The first-order valence-electron chi connectivity index (χ1n) is 4.18. The highest BCUT2D eigenvalue weighted by Gasteiger charge is 2.13. The Kier molecular flexibility index (Phi) is 2.57. The zero-order chi connectivity index (χ0) is 11.7. The Balaban J connectivity index is 2.50. The van der Waals surface area contributed by atoms with E-state index in [1.165, 1.54) is 12.1 Å². The predicted octanol–water partition coefficient (Wildman–Crippen LogP) is 1.96. The maximum atomic E-state index is 13.3. The molecule has 2 heterocycles. The summed E-state index contributed by atoms with van der Waals surface area (Å²) in [6.07, 6.45) is 1.16. The minimum atomic E-state index is -1.17. The highest BCUT2D eigenvalue weighted by Crippen LogP contribution is 2.23. The lowest BCUT2D eigenvalue weighted by Crippen LogP contribution is -1.95. The van der Waals surface area contributed by atoms with Gasteiger partial charge in [0.15, 0.2) is 0 Å². The van der Waals surface area contributed by atoms with Crippen molar-refractivity contribution in [1.29, 1.82) is 0 Å². The van der Waals surface area contributed by atoms with E-state index in [0.29, 0.717) is 0 Å². The Hall–Kier alpha value is -1.95. The van der Waals surface area contributed by atoms with E-state index in [1.54, 1.807) is 0 Å². The van der Waals surface area contributed by atoms with E-state index in [4.69, 9.17) is 16.7 Å². The number of nitrogens with one attached hydrogen (secondary N) is 1. The number of aromatic carboxylic acids is 1. The molecule has 0 amide bonds. The molecule has 0 saturated carbocycles. The average molecular weight is 242 g/mol. The number of aromatic amines is 1. The first-order valence-corrected chi connectivity index (χ1v) is 4.56. The van der Waals surface area contributed by atoms with Crippen molar-refractivity contribution in [2.75, 3.05) is 0 Å². The molecule has 7 heteroatoms. The van der Waals surface area contributed by atoms with Crippen molar-refractivity contribution in [3.05, 3.63) is 35.0 Å². The van der Waals surface area contributed by atoms with Gasteiger partial charge >= 0.3 is 5.97 Å². The summed E-state index contributed by atoms with van der Waals surface area (Å²) in [6, 6.07) is 2.53. The molecule has 5 nitrogen and oxygen atoms in total. The third-order valence-electron chi connectivity index (χ3n) is 1.89. The molecule has 0 saturated heterocycles. The fourth-order valence-electron chi connectivity index (χ4n) is 1.17. The van der Waals surface area contributed by atoms with E-state index in [1.807, 2.05) is 0 Å². The second-order valence-electron chi connectivity index (χ2n) is 2.96. The Bertz CT molecular complexity index is 555. The Morgan fingerprint density at radius 2 is 2.25 bits per heavy atom. The molecule has 0 aliphatic heterocycles. The Labute approximate surface area is 93.9 Å². The third kappa shape index (κ3) is 1.87. The molecule has 0 aliphatic carbocycles. The molecule has 0 unspecified atom stereocenters. The highest BCUT2D eigenvalue weighted by atomic mass is 35.5. The molecule has 0 atom stereocenters. The van der Waals surface area contributed by atoms with Crippen molar-refractivity contribution in [3.63, 3.8) is 0 Å². The lowest BCUT2D eigenvalue weighted by molar-refractivity contribution is 0.0690. The molecule has 2 rings (SSSR count). The van der Waals surface area contributed by atoms with Gasteiger partial charge in [0.1, 0.15) is 5.69 Å². The summed E-state index contributed by atoms with van der Waals surface area (Å²) in [5, 5.41) is 14.8. The number of carbonyl (C=O) groups is 1. The summed E-state index contributed by atoms with van der Waals surface area (Å²) >= 11 is 5.65. The van der Waals surface area contributed by atoms with Gasteiger partial charge in [0, 0.05) is 6.20 Å². The molecule has 0 aromatic carbocycles. The molecular formula is C9H5ClFN3O2. The summed E-state index contributed by atoms with van der Waals surface area (Å²) in [4.78, 5) is 14.0. The summed E-state index contributed by atoms with van der Waals surface area (Å²) in [5.41, 5.74) is 0.0653. The van der Waals surface area contributed by atoms with Crippen LogP contribution in [-0.4, -0.2) is 26.3 Å². The number of H-pyrrole nitrogens is 1. The third-order valence-corrected chi connectivity index (χ3v) is 2.10. The minimum absolute atomic E-state index is 0.0521. The van der Waals surface area contributed by atoms with Crippen molar-refractivity contribution >= 4 is 17.6 Å². The molecule has 0 aliphatic rings. The number of hydrogen-bond donors (Lipinski definition) is 2. The molecule has 2 N–H and O–H groups in total. The Morgan fingerprint density at radius 1 is 1.50 bits per heavy atom. The van der Waals surface area contributed by atoms with Crippen LogP contribution in [0, 0.1) is 5.95 Å². The molecule has 2 aromatic rings. The average Bonchev–Trinajstić information content (AvgIpc) is 2.70. The zero-order valence-corrected chi connectivity index (χ0v) is 8.49. The number of rotatable bonds is 2. The molecule has 2 aromatic heterocycles. The lowest BCUT2D eigenvalue weighted by atomic mass is 10.2. The van der Waals surface area contributed by atoms with Gasteiger partial charge in [-0.15, -0.1) is 0 Å². The van der Waals surface area contributed by atoms with Crippen LogP contribution in [0.1, 0.15) is 10.5 Å². The quantitative estimate of drug-likeness (QED) is 0.788. The number of pyridine rings is 1. The normalized spacial score (nSPS) is 10.4. The minimum Gasteiger partial charge on any atom is -0.477 e. The summed E-state index contributed by atoms with van der Waals surface area (Å²) in [7, 11) is 0. The van der Waals surface area contributed by atoms with Gasteiger partial charge < -0.3 is 5.11 Å². The van der Waals surface area contributed by atoms with Crippen LogP contribution >= 0.6 is 11.6 Å².